The second-order valence-corrected chi connectivity index (χ2v) is 4.45. The van der Waals surface area contributed by atoms with E-state index in [1.54, 1.807) is 0 Å². The summed E-state index contributed by atoms with van der Waals surface area (Å²) in [5.41, 5.74) is 2.40. The Labute approximate surface area is 84.7 Å². The van der Waals surface area contributed by atoms with Crippen LogP contribution in [0.25, 0.3) is 5.65 Å². The van der Waals surface area contributed by atoms with Gasteiger partial charge in [0.25, 0.3) is 0 Å². The van der Waals surface area contributed by atoms with Crippen LogP contribution in [0.15, 0.2) is 29.0 Å². The van der Waals surface area contributed by atoms with Gasteiger partial charge in [-0.1, -0.05) is 0 Å². The molecule has 0 N–H and O–H groups in total. The molecule has 1 aliphatic rings. The maximum Gasteiger partial charge on any atom is 0.136 e. The van der Waals surface area contributed by atoms with Crippen LogP contribution in [0.1, 0.15) is 24.5 Å². The van der Waals surface area contributed by atoms with Gasteiger partial charge in [0.1, 0.15) is 5.65 Å². The van der Waals surface area contributed by atoms with Gasteiger partial charge in [-0.25, -0.2) is 4.98 Å². The third-order valence-corrected chi connectivity index (χ3v) is 2.96. The van der Waals surface area contributed by atoms with Crippen molar-refractivity contribution in [2.24, 2.45) is 0 Å². The smallest absolute Gasteiger partial charge is 0.136 e. The Morgan fingerprint density at radius 2 is 2.23 bits per heavy atom. The van der Waals surface area contributed by atoms with Gasteiger partial charge >= 0.3 is 0 Å². The van der Waals surface area contributed by atoms with Crippen LogP contribution in [0, 0.1) is 0 Å². The molecule has 0 radical (unpaired) electrons. The zero-order valence-electron chi connectivity index (χ0n) is 7.07. The molecule has 0 unspecified atom stereocenters. The number of fused-ring (bicyclic) bond motifs is 1. The summed E-state index contributed by atoms with van der Waals surface area (Å²) in [6, 6.07) is 4.06. The molecule has 0 spiro atoms. The predicted octanol–water partition coefficient (Wildman–Crippen LogP) is 2.97. The Morgan fingerprint density at radius 3 is 3.00 bits per heavy atom. The Bertz CT molecular complexity index is 457. The molecule has 2 aromatic heterocycles. The average Bonchev–Trinajstić information content (AvgIpc) is 2.87. The first-order valence-electron chi connectivity index (χ1n) is 4.47. The number of hydrogen-bond acceptors (Lipinski definition) is 1. The number of nitrogens with zero attached hydrogens (tertiary/aromatic N) is 2. The van der Waals surface area contributed by atoms with Crippen molar-refractivity contribution in [3.8, 4) is 0 Å². The molecule has 0 atom stereocenters. The molecule has 2 aromatic rings. The molecule has 1 fully saturated rings. The lowest BCUT2D eigenvalue weighted by molar-refractivity contribution is 0.980. The molecule has 0 aliphatic heterocycles. The highest BCUT2D eigenvalue weighted by molar-refractivity contribution is 9.10. The van der Waals surface area contributed by atoms with E-state index in [1.807, 2.05) is 18.3 Å². The van der Waals surface area contributed by atoms with E-state index in [-0.39, 0.29) is 0 Å². The van der Waals surface area contributed by atoms with Crippen LogP contribution >= 0.6 is 15.9 Å². The van der Waals surface area contributed by atoms with Crippen molar-refractivity contribution in [1.82, 2.24) is 9.38 Å². The second kappa shape index (κ2) is 2.58. The van der Waals surface area contributed by atoms with Crippen molar-refractivity contribution >= 4 is 21.6 Å². The van der Waals surface area contributed by atoms with Gasteiger partial charge < -0.3 is 4.40 Å². The maximum atomic E-state index is 4.36. The largest absolute Gasteiger partial charge is 0.303 e. The van der Waals surface area contributed by atoms with Crippen LogP contribution in [-0.2, 0) is 0 Å². The molecule has 0 aromatic carbocycles. The molecule has 2 heterocycles. The van der Waals surface area contributed by atoms with Gasteiger partial charge in [0.2, 0.25) is 0 Å². The molecule has 0 saturated heterocycles. The first-order chi connectivity index (χ1) is 6.34. The maximum absolute atomic E-state index is 4.36. The summed E-state index contributed by atoms with van der Waals surface area (Å²) in [6.45, 7) is 0. The minimum atomic E-state index is 0.754. The molecule has 0 bridgehead atoms. The van der Waals surface area contributed by atoms with Crippen LogP contribution in [0.5, 0.6) is 0 Å². The first-order valence-corrected chi connectivity index (χ1v) is 5.26. The van der Waals surface area contributed by atoms with Crippen molar-refractivity contribution < 1.29 is 0 Å². The third-order valence-electron chi connectivity index (χ3n) is 2.49. The highest BCUT2D eigenvalue weighted by atomic mass is 79.9. The SMILES string of the molecule is Brc1ccc2ncc(C3CC3)n2c1. The summed E-state index contributed by atoms with van der Waals surface area (Å²) in [5, 5.41) is 0. The van der Waals surface area contributed by atoms with Gasteiger partial charge in [-0.3, -0.25) is 0 Å². The summed E-state index contributed by atoms with van der Waals surface area (Å²) < 4.78 is 3.29. The molecule has 3 heteroatoms. The zero-order chi connectivity index (χ0) is 8.84. The number of halogens is 1. The Balaban J connectivity index is 2.29. The molecule has 13 heavy (non-hydrogen) atoms. The Morgan fingerprint density at radius 1 is 1.38 bits per heavy atom. The lowest BCUT2D eigenvalue weighted by Gasteiger charge is -1.99. The normalized spacial score (nSPS) is 16.7. The predicted molar refractivity (Wildman–Crippen MR) is 54.9 cm³/mol. The van der Waals surface area contributed by atoms with Crippen LogP contribution in [-0.4, -0.2) is 9.38 Å². The number of hydrogen-bond donors (Lipinski definition) is 0. The van der Waals surface area contributed by atoms with E-state index < -0.39 is 0 Å². The van der Waals surface area contributed by atoms with E-state index in [0.717, 1.165) is 16.0 Å². The van der Waals surface area contributed by atoms with E-state index in [0.29, 0.717) is 0 Å². The number of rotatable bonds is 1. The van der Waals surface area contributed by atoms with E-state index in [1.165, 1.54) is 18.5 Å². The minimum absolute atomic E-state index is 0.754. The molecular formula is C10H9BrN2. The summed E-state index contributed by atoms with van der Waals surface area (Å²) in [4.78, 5) is 4.36. The van der Waals surface area contributed by atoms with E-state index in [9.17, 15) is 0 Å². The molecule has 3 rings (SSSR count). The average molecular weight is 237 g/mol. The van der Waals surface area contributed by atoms with Gasteiger partial charge in [-0.05, 0) is 40.9 Å². The fraction of sp³-hybridized carbons (Fsp3) is 0.300. The summed E-state index contributed by atoms with van der Waals surface area (Å²) in [6.07, 6.45) is 6.73. The number of imidazole rings is 1. The van der Waals surface area contributed by atoms with Gasteiger partial charge in [0, 0.05) is 28.5 Å². The number of aromatic nitrogens is 2. The van der Waals surface area contributed by atoms with Crippen LogP contribution in [0.3, 0.4) is 0 Å². The van der Waals surface area contributed by atoms with Crippen LogP contribution < -0.4 is 0 Å². The number of pyridine rings is 1. The molecular weight excluding hydrogens is 228 g/mol. The summed E-state index contributed by atoms with van der Waals surface area (Å²) in [5.74, 6) is 0.754. The van der Waals surface area contributed by atoms with E-state index >= 15 is 0 Å². The summed E-state index contributed by atoms with van der Waals surface area (Å²) >= 11 is 3.47. The second-order valence-electron chi connectivity index (χ2n) is 3.53. The van der Waals surface area contributed by atoms with Gasteiger partial charge in [0.15, 0.2) is 0 Å². The molecule has 1 saturated carbocycles. The minimum Gasteiger partial charge on any atom is -0.303 e. The van der Waals surface area contributed by atoms with Gasteiger partial charge in [-0.2, -0.15) is 0 Å². The highest BCUT2D eigenvalue weighted by Gasteiger charge is 2.26. The lowest BCUT2D eigenvalue weighted by Crippen LogP contribution is -1.89. The van der Waals surface area contributed by atoms with E-state index in [4.69, 9.17) is 0 Å². The van der Waals surface area contributed by atoms with Crippen molar-refractivity contribution in [2.75, 3.05) is 0 Å². The van der Waals surface area contributed by atoms with Crippen molar-refractivity contribution in [2.45, 2.75) is 18.8 Å². The van der Waals surface area contributed by atoms with Gasteiger partial charge in [0.05, 0.1) is 0 Å². The van der Waals surface area contributed by atoms with Crippen LogP contribution in [0.4, 0.5) is 0 Å². The van der Waals surface area contributed by atoms with Crippen molar-refractivity contribution in [1.29, 1.82) is 0 Å². The topological polar surface area (TPSA) is 17.3 Å². The fourth-order valence-corrected chi connectivity index (χ4v) is 1.99. The van der Waals surface area contributed by atoms with Crippen LogP contribution in [0.2, 0.25) is 0 Å². The first kappa shape index (κ1) is 7.56. The Hall–Kier alpha value is -0.830. The lowest BCUT2D eigenvalue weighted by atomic mass is 10.3. The third kappa shape index (κ3) is 1.18. The standard InChI is InChI=1S/C10H9BrN2/c11-8-3-4-10-12-5-9(7-1-2-7)13(10)6-8/h3-7H,1-2H2. The molecule has 0 amide bonds. The highest BCUT2D eigenvalue weighted by Crippen LogP contribution is 2.40. The van der Waals surface area contributed by atoms with Crippen molar-refractivity contribution in [3.63, 3.8) is 0 Å². The Kier molecular flexibility index (Phi) is 1.50. The van der Waals surface area contributed by atoms with Gasteiger partial charge in [-0.15, -0.1) is 0 Å². The molecule has 66 valence electrons. The zero-order valence-corrected chi connectivity index (χ0v) is 8.66. The molecule has 2 nitrogen and oxygen atoms in total. The fourth-order valence-electron chi connectivity index (χ4n) is 1.65. The summed E-state index contributed by atoms with van der Waals surface area (Å²) in [7, 11) is 0. The van der Waals surface area contributed by atoms with Crippen molar-refractivity contribution in [3.05, 3.63) is 34.7 Å². The van der Waals surface area contributed by atoms with E-state index in [2.05, 4.69) is 31.5 Å². The molecule has 1 aliphatic carbocycles. The monoisotopic (exact) mass is 236 g/mol. The quantitative estimate of drug-likeness (QED) is 0.745.